The first-order valence-corrected chi connectivity index (χ1v) is 11.4. The van der Waals surface area contributed by atoms with E-state index in [-0.39, 0.29) is 5.91 Å². The first kappa shape index (κ1) is 21.2. The number of amides is 1. The summed E-state index contributed by atoms with van der Waals surface area (Å²) in [5, 5.41) is 9.03. The van der Waals surface area contributed by atoms with E-state index in [4.69, 9.17) is 16.3 Å². The molecule has 1 amide bonds. The van der Waals surface area contributed by atoms with Crippen LogP contribution in [-0.2, 0) is 0 Å². The second-order valence-electron chi connectivity index (χ2n) is 7.46. The number of benzene rings is 3. The van der Waals surface area contributed by atoms with Crippen LogP contribution in [-0.4, -0.2) is 23.0 Å². The molecule has 2 heterocycles. The lowest BCUT2D eigenvalue weighted by Crippen LogP contribution is -2.13. The lowest BCUT2D eigenvalue weighted by Gasteiger charge is -2.12. The third kappa shape index (κ3) is 4.20. The summed E-state index contributed by atoms with van der Waals surface area (Å²) in [6, 6.07) is 19.0. The summed E-state index contributed by atoms with van der Waals surface area (Å²) < 4.78 is 6.20. The van der Waals surface area contributed by atoms with E-state index in [1.807, 2.05) is 67.6 Å². The van der Waals surface area contributed by atoms with E-state index in [9.17, 15) is 4.79 Å². The van der Waals surface area contributed by atoms with Gasteiger partial charge in [-0.05, 0) is 48.2 Å². The predicted molar refractivity (Wildman–Crippen MR) is 135 cm³/mol. The summed E-state index contributed by atoms with van der Waals surface area (Å²) in [5.41, 5.74) is 3.09. The first-order valence-electron chi connectivity index (χ1n) is 10.2. The maximum absolute atomic E-state index is 13.1. The molecule has 0 atom stereocenters. The minimum atomic E-state index is -0.269. The van der Waals surface area contributed by atoms with Gasteiger partial charge in [0.2, 0.25) is 0 Å². The zero-order valence-corrected chi connectivity index (χ0v) is 19.4. The number of fused-ring (bicyclic) bond motifs is 2. The fourth-order valence-corrected chi connectivity index (χ4v) is 4.60. The van der Waals surface area contributed by atoms with E-state index in [1.54, 1.807) is 13.3 Å². The molecule has 0 fully saturated rings. The third-order valence-corrected chi connectivity index (χ3v) is 6.63. The van der Waals surface area contributed by atoms with Gasteiger partial charge in [0.25, 0.3) is 5.91 Å². The Bertz CT molecular complexity index is 1520. The van der Waals surface area contributed by atoms with E-state index in [0.717, 1.165) is 38.0 Å². The highest BCUT2D eigenvalue weighted by atomic mass is 35.5. The molecule has 0 aliphatic carbocycles. The Morgan fingerprint density at radius 2 is 1.88 bits per heavy atom. The maximum atomic E-state index is 13.1. The summed E-state index contributed by atoms with van der Waals surface area (Å²) in [6.45, 7) is 1.95. The molecule has 6 nitrogen and oxygen atoms in total. The number of carbonyl (C=O) groups excluding carboxylic acids is 1. The van der Waals surface area contributed by atoms with E-state index in [1.165, 1.54) is 11.3 Å². The second-order valence-corrected chi connectivity index (χ2v) is 8.90. The number of anilines is 3. The van der Waals surface area contributed by atoms with Crippen LogP contribution in [0.3, 0.4) is 0 Å². The molecule has 0 saturated heterocycles. The Balaban J connectivity index is 1.46. The number of hydrogen-bond donors (Lipinski definition) is 2. The largest absolute Gasteiger partial charge is 0.497 e. The number of methoxy groups -OCH3 is 1. The van der Waals surface area contributed by atoms with Gasteiger partial charge in [0.1, 0.15) is 11.6 Å². The highest BCUT2D eigenvalue weighted by Gasteiger charge is 2.16. The number of ether oxygens (including phenoxy) is 1. The van der Waals surface area contributed by atoms with Crippen molar-refractivity contribution in [3.8, 4) is 5.75 Å². The minimum Gasteiger partial charge on any atom is -0.497 e. The lowest BCUT2D eigenvalue weighted by atomic mass is 10.1. The van der Waals surface area contributed by atoms with Gasteiger partial charge in [-0.2, -0.15) is 0 Å². The molecule has 0 spiro atoms. The van der Waals surface area contributed by atoms with Crippen LogP contribution in [0.25, 0.3) is 21.0 Å². The number of nitrogens with zero attached hydrogens (tertiary/aromatic N) is 2. The van der Waals surface area contributed by atoms with Crippen LogP contribution in [0.4, 0.5) is 16.6 Å². The van der Waals surface area contributed by atoms with Crippen molar-refractivity contribution in [2.75, 3.05) is 17.7 Å². The molecule has 0 radical (unpaired) electrons. The van der Waals surface area contributed by atoms with Gasteiger partial charge in [-0.1, -0.05) is 53.3 Å². The fourth-order valence-electron chi connectivity index (χ4n) is 3.53. The van der Waals surface area contributed by atoms with Crippen molar-refractivity contribution in [1.29, 1.82) is 0 Å². The van der Waals surface area contributed by atoms with Crippen LogP contribution < -0.4 is 15.4 Å². The third-order valence-electron chi connectivity index (χ3n) is 5.29. The number of aryl methyl sites for hydroxylation is 1. The van der Waals surface area contributed by atoms with Crippen molar-refractivity contribution in [2.45, 2.75) is 6.92 Å². The number of aromatic nitrogens is 2. The summed E-state index contributed by atoms with van der Waals surface area (Å²) >= 11 is 7.66. The quantitative estimate of drug-likeness (QED) is 0.292. The molecule has 0 aliphatic heterocycles. The molecular formula is C25H19ClN4O2S. The van der Waals surface area contributed by atoms with Gasteiger partial charge in [-0.3, -0.25) is 10.1 Å². The van der Waals surface area contributed by atoms with Crippen LogP contribution >= 0.6 is 22.9 Å². The SMILES string of the molecule is COc1ccc2nc(NC(=O)c3cnc(Nc4ccc(C)c(Cl)c4)c4ccccc34)sc2c1. The molecule has 2 aromatic heterocycles. The molecule has 33 heavy (non-hydrogen) atoms. The molecule has 0 bridgehead atoms. The van der Waals surface area contributed by atoms with Gasteiger partial charge >= 0.3 is 0 Å². The normalized spacial score (nSPS) is 11.0. The Labute approximate surface area is 199 Å². The van der Waals surface area contributed by atoms with Gasteiger partial charge in [0.05, 0.1) is 22.9 Å². The van der Waals surface area contributed by atoms with E-state index in [2.05, 4.69) is 20.6 Å². The van der Waals surface area contributed by atoms with Crippen LogP contribution in [0.15, 0.2) is 66.9 Å². The minimum absolute atomic E-state index is 0.269. The molecule has 5 rings (SSSR count). The zero-order chi connectivity index (χ0) is 22.9. The summed E-state index contributed by atoms with van der Waals surface area (Å²) in [4.78, 5) is 22.2. The molecular weight excluding hydrogens is 456 g/mol. The van der Waals surface area contributed by atoms with Gasteiger partial charge in [0, 0.05) is 22.3 Å². The fraction of sp³-hybridized carbons (Fsp3) is 0.0800. The number of hydrogen-bond acceptors (Lipinski definition) is 6. The van der Waals surface area contributed by atoms with Gasteiger partial charge in [-0.25, -0.2) is 9.97 Å². The van der Waals surface area contributed by atoms with Crippen LogP contribution in [0.2, 0.25) is 5.02 Å². The van der Waals surface area contributed by atoms with Crippen molar-refractivity contribution in [3.63, 3.8) is 0 Å². The molecule has 0 saturated carbocycles. The summed E-state index contributed by atoms with van der Waals surface area (Å²) in [6.07, 6.45) is 1.58. The number of thiazole rings is 1. The Hall–Kier alpha value is -3.68. The van der Waals surface area contributed by atoms with Crippen LogP contribution in [0.1, 0.15) is 15.9 Å². The Kier molecular flexibility index (Phi) is 5.58. The molecule has 8 heteroatoms. The molecule has 5 aromatic rings. The monoisotopic (exact) mass is 474 g/mol. The molecule has 0 unspecified atom stereocenters. The second kappa shape index (κ2) is 8.69. The Morgan fingerprint density at radius 3 is 2.67 bits per heavy atom. The van der Waals surface area contributed by atoms with Crippen molar-refractivity contribution in [2.24, 2.45) is 0 Å². The average molecular weight is 475 g/mol. The molecule has 164 valence electrons. The number of halogens is 1. The number of nitrogens with one attached hydrogen (secondary N) is 2. The summed E-state index contributed by atoms with van der Waals surface area (Å²) in [7, 11) is 1.62. The molecule has 3 aromatic carbocycles. The highest BCUT2D eigenvalue weighted by Crippen LogP contribution is 2.31. The van der Waals surface area contributed by atoms with Crippen molar-refractivity contribution >= 4 is 66.5 Å². The van der Waals surface area contributed by atoms with Gasteiger partial charge in [-0.15, -0.1) is 0 Å². The van der Waals surface area contributed by atoms with Crippen LogP contribution in [0, 0.1) is 6.92 Å². The van der Waals surface area contributed by atoms with Crippen LogP contribution in [0.5, 0.6) is 5.75 Å². The maximum Gasteiger partial charge on any atom is 0.259 e. The number of carbonyl (C=O) groups is 1. The number of pyridine rings is 1. The van der Waals surface area contributed by atoms with Crippen molar-refractivity contribution in [3.05, 3.63) is 83.0 Å². The lowest BCUT2D eigenvalue weighted by molar-refractivity contribution is 0.102. The average Bonchev–Trinajstić information content (AvgIpc) is 3.22. The van der Waals surface area contributed by atoms with E-state index in [0.29, 0.717) is 21.5 Å². The highest BCUT2D eigenvalue weighted by molar-refractivity contribution is 7.22. The standard InChI is InChI=1S/C25H19ClN4O2S/c1-14-7-8-15(11-20(14)26)28-23-18-6-4-3-5-17(18)19(13-27-23)24(31)30-25-29-21-10-9-16(32-2)12-22(21)33-25/h3-13H,1-2H3,(H,27,28)(H,29,30,31). The zero-order valence-electron chi connectivity index (χ0n) is 17.8. The van der Waals surface area contributed by atoms with E-state index < -0.39 is 0 Å². The molecule has 0 aliphatic rings. The van der Waals surface area contributed by atoms with Crippen molar-refractivity contribution in [1.82, 2.24) is 9.97 Å². The first-order chi connectivity index (χ1) is 16.0. The Morgan fingerprint density at radius 1 is 1.06 bits per heavy atom. The number of rotatable bonds is 5. The molecule has 2 N–H and O–H groups in total. The topological polar surface area (TPSA) is 76.1 Å². The van der Waals surface area contributed by atoms with E-state index >= 15 is 0 Å². The van der Waals surface area contributed by atoms with Gasteiger partial charge < -0.3 is 10.1 Å². The summed E-state index contributed by atoms with van der Waals surface area (Å²) in [5.74, 6) is 1.13. The smallest absolute Gasteiger partial charge is 0.259 e. The van der Waals surface area contributed by atoms with Gasteiger partial charge in [0.15, 0.2) is 5.13 Å². The predicted octanol–water partition coefficient (Wildman–Crippen LogP) is 6.81. The van der Waals surface area contributed by atoms with Crippen molar-refractivity contribution < 1.29 is 9.53 Å².